The Bertz CT molecular complexity index is 423. The van der Waals surface area contributed by atoms with Gasteiger partial charge in [0.25, 0.3) is 0 Å². The summed E-state index contributed by atoms with van der Waals surface area (Å²) >= 11 is 0. The number of likely N-dealkylation sites (N-methyl/N-ethyl adjacent to an activating group) is 1. The van der Waals surface area contributed by atoms with E-state index in [0.717, 1.165) is 0 Å². The fourth-order valence-electron chi connectivity index (χ4n) is 1.50. The second-order valence-corrected chi connectivity index (χ2v) is 5.21. The van der Waals surface area contributed by atoms with Gasteiger partial charge in [-0.3, -0.25) is 9.59 Å². The molecule has 0 aromatic carbocycles. The minimum Gasteiger partial charge on any atom is -0.350 e. The van der Waals surface area contributed by atoms with Crippen LogP contribution in [0.5, 0.6) is 0 Å². The predicted molar refractivity (Wildman–Crippen MR) is 68.0 cm³/mol. The van der Waals surface area contributed by atoms with Crippen LogP contribution in [0.15, 0.2) is 6.33 Å². The van der Waals surface area contributed by atoms with Crippen molar-refractivity contribution in [1.29, 1.82) is 0 Å². The summed E-state index contributed by atoms with van der Waals surface area (Å²) in [6.07, 6.45) is 1.36. The van der Waals surface area contributed by atoms with Crippen molar-refractivity contribution < 1.29 is 9.59 Å². The fourth-order valence-corrected chi connectivity index (χ4v) is 1.50. The Kier molecular flexibility index (Phi) is 4.96. The van der Waals surface area contributed by atoms with Gasteiger partial charge in [0.1, 0.15) is 12.9 Å². The van der Waals surface area contributed by atoms with Gasteiger partial charge in [0.05, 0.1) is 6.54 Å². The third kappa shape index (κ3) is 5.45. The molecule has 0 atom stereocenters. The van der Waals surface area contributed by atoms with Gasteiger partial charge in [0.2, 0.25) is 11.8 Å². The van der Waals surface area contributed by atoms with E-state index in [2.05, 4.69) is 20.8 Å². The maximum atomic E-state index is 12.0. The number of amides is 2. The minimum atomic E-state index is -0.310. The molecule has 2 amide bonds. The summed E-state index contributed by atoms with van der Waals surface area (Å²) in [6, 6.07) is 0. The lowest BCUT2D eigenvalue weighted by molar-refractivity contribution is -0.137. The minimum absolute atomic E-state index is 0.0314. The van der Waals surface area contributed by atoms with Gasteiger partial charge in [-0.25, -0.2) is 4.68 Å². The van der Waals surface area contributed by atoms with Crippen LogP contribution >= 0.6 is 0 Å². The van der Waals surface area contributed by atoms with Crippen molar-refractivity contribution in [3.05, 3.63) is 6.33 Å². The quantitative estimate of drug-likeness (QED) is 0.772. The van der Waals surface area contributed by atoms with E-state index < -0.39 is 0 Å². The Morgan fingerprint density at radius 1 is 1.37 bits per heavy atom. The first-order chi connectivity index (χ1) is 8.81. The fraction of sp³-hybridized carbons (Fsp3) is 0.727. The number of carbonyl (C=O) groups is 2. The zero-order chi connectivity index (χ0) is 14.5. The van der Waals surface area contributed by atoms with E-state index in [0.29, 0.717) is 6.54 Å². The lowest BCUT2D eigenvalue weighted by Gasteiger charge is -2.24. The SMILES string of the molecule is CCN(CC(=O)NC(C)(C)C)C(=O)Cn1cnnn1. The molecule has 8 heteroatoms. The van der Waals surface area contributed by atoms with Crippen molar-refractivity contribution in [3.8, 4) is 0 Å². The van der Waals surface area contributed by atoms with Crippen LogP contribution in [0.2, 0.25) is 0 Å². The van der Waals surface area contributed by atoms with E-state index in [1.54, 1.807) is 0 Å². The van der Waals surface area contributed by atoms with Gasteiger partial charge in [-0.1, -0.05) is 0 Å². The summed E-state index contributed by atoms with van der Waals surface area (Å²) in [4.78, 5) is 25.2. The van der Waals surface area contributed by atoms with Gasteiger partial charge < -0.3 is 10.2 Å². The molecule has 0 radical (unpaired) electrons. The molecule has 0 aliphatic carbocycles. The Morgan fingerprint density at radius 3 is 2.53 bits per heavy atom. The van der Waals surface area contributed by atoms with Crippen LogP contribution in [0.1, 0.15) is 27.7 Å². The summed E-state index contributed by atoms with van der Waals surface area (Å²) in [6.45, 7) is 8.02. The Labute approximate surface area is 112 Å². The second-order valence-electron chi connectivity index (χ2n) is 5.21. The van der Waals surface area contributed by atoms with Crippen molar-refractivity contribution in [2.24, 2.45) is 0 Å². The van der Waals surface area contributed by atoms with E-state index in [4.69, 9.17) is 0 Å². The summed E-state index contributed by atoms with van der Waals surface area (Å²) in [5.74, 6) is -0.377. The van der Waals surface area contributed by atoms with Crippen molar-refractivity contribution in [1.82, 2.24) is 30.4 Å². The van der Waals surface area contributed by atoms with Gasteiger partial charge in [0, 0.05) is 12.1 Å². The molecule has 0 saturated carbocycles. The van der Waals surface area contributed by atoms with Crippen LogP contribution in [-0.2, 0) is 16.1 Å². The maximum Gasteiger partial charge on any atom is 0.244 e. The molecule has 0 spiro atoms. The second kappa shape index (κ2) is 6.26. The number of tetrazole rings is 1. The predicted octanol–water partition coefficient (Wildman–Crippen LogP) is -0.564. The molecular weight excluding hydrogens is 248 g/mol. The van der Waals surface area contributed by atoms with Gasteiger partial charge in [-0.15, -0.1) is 5.10 Å². The van der Waals surface area contributed by atoms with Crippen molar-refractivity contribution >= 4 is 11.8 Å². The van der Waals surface area contributed by atoms with E-state index >= 15 is 0 Å². The van der Waals surface area contributed by atoms with Gasteiger partial charge >= 0.3 is 0 Å². The number of nitrogens with one attached hydrogen (secondary N) is 1. The molecule has 1 heterocycles. The Balaban J connectivity index is 2.53. The van der Waals surface area contributed by atoms with Crippen LogP contribution < -0.4 is 5.32 Å². The standard InChI is InChI=1S/C11H20N6O2/c1-5-16(6-9(18)13-11(2,3)4)10(19)7-17-8-12-14-15-17/h8H,5-7H2,1-4H3,(H,13,18). The number of hydrogen-bond donors (Lipinski definition) is 1. The van der Waals surface area contributed by atoms with Crippen molar-refractivity contribution in [2.45, 2.75) is 39.8 Å². The topological polar surface area (TPSA) is 93.0 Å². The molecule has 0 bridgehead atoms. The van der Waals surface area contributed by atoms with Crippen LogP contribution in [0.25, 0.3) is 0 Å². The monoisotopic (exact) mass is 268 g/mol. The van der Waals surface area contributed by atoms with Gasteiger partial charge in [-0.05, 0) is 38.1 Å². The molecular formula is C11H20N6O2. The zero-order valence-electron chi connectivity index (χ0n) is 11.8. The summed E-state index contributed by atoms with van der Waals surface area (Å²) in [5.41, 5.74) is -0.310. The smallest absolute Gasteiger partial charge is 0.244 e. The summed E-state index contributed by atoms with van der Waals surface area (Å²) in [7, 11) is 0. The molecule has 19 heavy (non-hydrogen) atoms. The van der Waals surface area contributed by atoms with Crippen LogP contribution in [0.3, 0.4) is 0 Å². The summed E-state index contributed by atoms with van der Waals surface area (Å²) in [5, 5.41) is 13.3. The first-order valence-corrected chi connectivity index (χ1v) is 6.11. The number of rotatable bonds is 5. The highest BCUT2D eigenvalue weighted by molar-refractivity contribution is 5.85. The average Bonchev–Trinajstić information content (AvgIpc) is 2.75. The summed E-state index contributed by atoms with van der Waals surface area (Å²) < 4.78 is 1.33. The Morgan fingerprint density at radius 2 is 2.05 bits per heavy atom. The number of aromatic nitrogens is 4. The molecule has 1 aromatic heterocycles. The van der Waals surface area contributed by atoms with Gasteiger partial charge in [-0.2, -0.15) is 0 Å². The zero-order valence-corrected chi connectivity index (χ0v) is 11.8. The first-order valence-electron chi connectivity index (χ1n) is 6.11. The molecule has 0 saturated heterocycles. The average molecular weight is 268 g/mol. The third-order valence-corrected chi connectivity index (χ3v) is 2.27. The number of carbonyl (C=O) groups excluding carboxylic acids is 2. The van der Waals surface area contributed by atoms with Crippen LogP contribution in [-0.4, -0.2) is 55.5 Å². The lowest BCUT2D eigenvalue weighted by Crippen LogP contribution is -2.47. The Hall–Kier alpha value is -1.99. The largest absolute Gasteiger partial charge is 0.350 e. The third-order valence-electron chi connectivity index (χ3n) is 2.27. The van der Waals surface area contributed by atoms with E-state index in [1.165, 1.54) is 15.9 Å². The molecule has 0 aliphatic heterocycles. The molecule has 0 aliphatic rings. The van der Waals surface area contributed by atoms with Crippen molar-refractivity contribution in [3.63, 3.8) is 0 Å². The van der Waals surface area contributed by atoms with Crippen LogP contribution in [0.4, 0.5) is 0 Å². The molecule has 1 N–H and O–H groups in total. The first kappa shape index (κ1) is 15.1. The highest BCUT2D eigenvalue weighted by Crippen LogP contribution is 1.99. The lowest BCUT2D eigenvalue weighted by atomic mass is 10.1. The van der Waals surface area contributed by atoms with E-state index in [-0.39, 0.29) is 30.4 Å². The van der Waals surface area contributed by atoms with Crippen molar-refractivity contribution in [2.75, 3.05) is 13.1 Å². The maximum absolute atomic E-state index is 12.0. The molecule has 106 valence electrons. The van der Waals surface area contributed by atoms with E-state index in [1.807, 2.05) is 27.7 Å². The molecule has 0 unspecified atom stereocenters. The molecule has 0 fully saturated rings. The van der Waals surface area contributed by atoms with Gasteiger partial charge in [0.15, 0.2) is 0 Å². The highest BCUT2D eigenvalue weighted by Gasteiger charge is 2.19. The molecule has 8 nitrogen and oxygen atoms in total. The number of hydrogen-bond acceptors (Lipinski definition) is 5. The van der Waals surface area contributed by atoms with E-state index in [9.17, 15) is 9.59 Å². The van der Waals surface area contributed by atoms with Crippen LogP contribution in [0, 0.1) is 0 Å². The molecule has 1 aromatic rings. The molecule has 1 rings (SSSR count). The highest BCUT2D eigenvalue weighted by atomic mass is 16.2. The number of nitrogens with zero attached hydrogens (tertiary/aromatic N) is 5. The normalized spacial score (nSPS) is 11.2.